The lowest BCUT2D eigenvalue weighted by molar-refractivity contribution is -0.147. The molecule has 0 spiro atoms. The van der Waals surface area contributed by atoms with E-state index in [9.17, 15) is 19.2 Å². The summed E-state index contributed by atoms with van der Waals surface area (Å²) in [6.07, 6.45) is 0.481. The van der Waals surface area contributed by atoms with E-state index in [1.807, 2.05) is 17.5 Å². The molecule has 1 aromatic rings. The van der Waals surface area contributed by atoms with E-state index in [0.29, 0.717) is 11.3 Å². The van der Waals surface area contributed by atoms with Gasteiger partial charge >= 0.3 is 23.8 Å². The van der Waals surface area contributed by atoms with Crippen molar-refractivity contribution in [3.63, 3.8) is 0 Å². The Morgan fingerprint density at radius 1 is 1.25 bits per heavy atom. The SMILES string of the molecule is COC(=O)CN1C(=O)C(=O)N(CCc2cccs2)C1=O. The number of imide groups is 2. The van der Waals surface area contributed by atoms with Crippen molar-refractivity contribution in [2.24, 2.45) is 0 Å². The molecule has 0 atom stereocenters. The Kier molecular flexibility index (Phi) is 4.14. The van der Waals surface area contributed by atoms with Crippen LogP contribution >= 0.6 is 11.3 Å². The van der Waals surface area contributed by atoms with Crippen molar-refractivity contribution in [1.29, 1.82) is 0 Å². The fourth-order valence-corrected chi connectivity index (χ4v) is 2.46. The first-order valence-corrected chi connectivity index (χ1v) is 6.69. The summed E-state index contributed by atoms with van der Waals surface area (Å²) in [4.78, 5) is 48.9. The highest BCUT2D eigenvalue weighted by molar-refractivity contribution is 7.09. The molecule has 0 unspecified atom stereocenters. The maximum absolute atomic E-state index is 11.9. The number of hydrogen-bond donors (Lipinski definition) is 0. The summed E-state index contributed by atoms with van der Waals surface area (Å²) in [5, 5.41) is 1.89. The average Bonchev–Trinajstić information content (AvgIpc) is 3.01. The third-order valence-corrected chi connectivity index (χ3v) is 3.75. The van der Waals surface area contributed by atoms with Gasteiger partial charge in [0.15, 0.2) is 0 Å². The smallest absolute Gasteiger partial charge is 0.334 e. The van der Waals surface area contributed by atoms with Crippen molar-refractivity contribution < 1.29 is 23.9 Å². The van der Waals surface area contributed by atoms with E-state index in [1.54, 1.807) is 0 Å². The summed E-state index contributed by atoms with van der Waals surface area (Å²) in [5.41, 5.74) is 0. The van der Waals surface area contributed by atoms with Gasteiger partial charge < -0.3 is 4.74 Å². The summed E-state index contributed by atoms with van der Waals surface area (Å²) < 4.78 is 4.38. The van der Waals surface area contributed by atoms with Crippen LogP contribution < -0.4 is 0 Å². The van der Waals surface area contributed by atoms with Gasteiger partial charge in [0, 0.05) is 17.8 Å². The lowest BCUT2D eigenvalue weighted by Crippen LogP contribution is -2.37. The number of nitrogens with zero attached hydrogens (tertiary/aromatic N) is 2. The third-order valence-electron chi connectivity index (χ3n) is 2.81. The van der Waals surface area contributed by atoms with Crippen LogP contribution in [0.5, 0.6) is 0 Å². The number of carbonyl (C=O) groups excluding carboxylic acids is 4. The van der Waals surface area contributed by atoms with E-state index >= 15 is 0 Å². The van der Waals surface area contributed by atoms with Gasteiger partial charge in [0.25, 0.3) is 0 Å². The number of thiophene rings is 1. The number of amides is 4. The van der Waals surface area contributed by atoms with Gasteiger partial charge in [-0.2, -0.15) is 0 Å². The van der Waals surface area contributed by atoms with Gasteiger partial charge in [-0.05, 0) is 11.4 Å². The Morgan fingerprint density at radius 2 is 1.95 bits per heavy atom. The number of urea groups is 1. The van der Waals surface area contributed by atoms with E-state index in [1.165, 1.54) is 11.3 Å². The predicted octanol–water partition coefficient (Wildman–Crippen LogP) is 0.254. The summed E-state index contributed by atoms with van der Waals surface area (Å²) >= 11 is 1.50. The molecule has 0 bridgehead atoms. The quantitative estimate of drug-likeness (QED) is 0.442. The summed E-state index contributed by atoms with van der Waals surface area (Å²) in [6.45, 7) is -0.434. The van der Waals surface area contributed by atoms with Gasteiger partial charge in [-0.15, -0.1) is 11.3 Å². The predicted molar refractivity (Wildman–Crippen MR) is 68.9 cm³/mol. The monoisotopic (exact) mass is 296 g/mol. The van der Waals surface area contributed by atoms with E-state index in [0.717, 1.165) is 16.9 Å². The molecule has 0 saturated carbocycles. The molecular formula is C12H12N2O5S. The second-order valence-electron chi connectivity index (χ2n) is 4.04. The average molecular weight is 296 g/mol. The lowest BCUT2D eigenvalue weighted by Gasteiger charge is -2.14. The number of carbonyl (C=O) groups is 4. The number of methoxy groups -OCH3 is 1. The van der Waals surface area contributed by atoms with Crippen LogP contribution in [0, 0.1) is 0 Å². The van der Waals surface area contributed by atoms with Crippen molar-refractivity contribution in [1.82, 2.24) is 9.80 Å². The number of rotatable bonds is 5. The normalized spacial score (nSPS) is 15.2. The van der Waals surface area contributed by atoms with Gasteiger partial charge in [0.05, 0.1) is 7.11 Å². The molecular weight excluding hydrogens is 284 g/mol. The van der Waals surface area contributed by atoms with Crippen molar-refractivity contribution in [3.8, 4) is 0 Å². The van der Waals surface area contributed by atoms with Crippen molar-refractivity contribution in [2.45, 2.75) is 6.42 Å². The molecule has 2 heterocycles. The topological polar surface area (TPSA) is 84.0 Å². The van der Waals surface area contributed by atoms with Crippen LogP contribution in [0.15, 0.2) is 17.5 Å². The molecule has 1 aliphatic rings. The fourth-order valence-electron chi connectivity index (χ4n) is 1.76. The second kappa shape index (κ2) is 5.83. The molecule has 0 N–H and O–H groups in total. The van der Waals surface area contributed by atoms with Crippen molar-refractivity contribution in [3.05, 3.63) is 22.4 Å². The summed E-state index contributed by atoms with van der Waals surface area (Å²) in [5.74, 6) is -2.65. The van der Waals surface area contributed by atoms with Crippen molar-refractivity contribution in [2.75, 3.05) is 20.2 Å². The molecule has 8 heteroatoms. The van der Waals surface area contributed by atoms with Crippen LogP contribution in [0.1, 0.15) is 4.88 Å². The number of hydrogen-bond acceptors (Lipinski definition) is 6. The van der Waals surface area contributed by atoms with Crippen LogP contribution in [-0.4, -0.2) is 53.8 Å². The summed E-state index contributed by atoms with van der Waals surface area (Å²) in [7, 11) is 1.14. The van der Waals surface area contributed by atoms with E-state index in [4.69, 9.17) is 0 Å². The van der Waals surface area contributed by atoms with Crippen molar-refractivity contribution >= 4 is 35.2 Å². The van der Waals surface area contributed by atoms with Gasteiger partial charge in [-0.25, -0.2) is 9.69 Å². The van der Waals surface area contributed by atoms with Gasteiger partial charge in [-0.3, -0.25) is 19.3 Å². The Bertz CT molecular complexity index is 554. The first-order chi connectivity index (χ1) is 9.54. The molecule has 0 aliphatic carbocycles. The zero-order chi connectivity index (χ0) is 14.7. The van der Waals surface area contributed by atoms with Crippen LogP contribution in [0.3, 0.4) is 0 Å². The van der Waals surface area contributed by atoms with Crippen LogP contribution in [0.4, 0.5) is 4.79 Å². The van der Waals surface area contributed by atoms with Crippen LogP contribution in [0.2, 0.25) is 0 Å². The van der Waals surface area contributed by atoms with Crippen LogP contribution in [0.25, 0.3) is 0 Å². The Balaban J connectivity index is 2.03. The largest absolute Gasteiger partial charge is 0.468 e. The Morgan fingerprint density at radius 3 is 2.55 bits per heavy atom. The van der Waals surface area contributed by atoms with E-state index < -0.39 is 30.4 Å². The maximum Gasteiger partial charge on any atom is 0.334 e. The molecule has 4 amide bonds. The highest BCUT2D eigenvalue weighted by Gasteiger charge is 2.45. The second-order valence-corrected chi connectivity index (χ2v) is 5.07. The fraction of sp³-hybridized carbons (Fsp3) is 0.333. The molecule has 1 aliphatic heterocycles. The standard InChI is InChI=1S/C12H12N2O5S/c1-19-9(15)7-14-11(17)10(16)13(12(14)18)5-4-8-3-2-6-20-8/h2-3,6H,4-5,7H2,1H3. The highest BCUT2D eigenvalue weighted by atomic mass is 32.1. The first-order valence-electron chi connectivity index (χ1n) is 5.81. The molecule has 1 fully saturated rings. The van der Waals surface area contributed by atoms with Gasteiger partial charge in [0.1, 0.15) is 6.54 Å². The molecule has 0 radical (unpaired) electrons. The molecule has 20 heavy (non-hydrogen) atoms. The molecule has 2 rings (SSSR count). The zero-order valence-corrected chi connectivity index (χ0v) is 11.5. The molecule has 0 aromatic carbocycles. The van der Waals surface area contributed by atoms with Crippen LogP contribution in [-0.2, 0) is 25.5 Å². The zero-order valence-electron chi connectivity index (χ0n) is 10.7. The lowest BCUT2D eigenvalue weighted by atomic mass is 10.3. The maximum atomic E-state index is 11.9. The number of ether oxygens (including phenoxy) is 1. The molecule has 106 valence electrons. The molecule has 7 nitrogen and oxygen atoms in total. The van der Waals surface area contributed by atoms with E-state index in [-0.39, 0.29) is 6.54 Å². The minimum Gasteiger partial charge on any atom is -0.468 e. The van der Waals surface area contributed by atoms with E-state index in [2.05, 4.69) is 4.74 Å². The summed E-state index contributed by atoms with van der Waals surface area (Å²) in [6, 6.07) is 2.97. The third kappa shape index (κ3) is 2.69. The Hall–Kier alpha value is -2.22. The molecule has 1 saturated heterocycles. The highest BCUT2D eigenvalue weighted by Crippen LogP contribution is 2.15. The van der Waals surface area contributed by atoms with Gasteiger partial charge in [0.2, 0.25) is 0 Å². The molecule has 1 aromatic heterocycles. The Labute approximate surface area is 118 Å². The minimum absolute atomic E-state index is 0.113. The number of esters is 1. The first kappa shape index (κ1) is 14.2. The minimum atomic E-state index is -0.994. The van der Waals surface area contributed by atoms with Gasteiger partial charge in [-0.1, -0.05) is 6.07 Å².